The zero-order chi connectivity index (χ0) is 19.1. The maximum atomic E-state index is 13.3. The number of anilines is 1. The highest BCUT2D eigenvalue weighted by molar-refractivity contribution is 9.10. The fourth-order valence-corrected chi connectivity index (χ4v) is 1.79. The number of hydrogen-bond acceptors (Lipinski definition) is 1. The van der Waals surface area contributed by atoms with Crippen molar-refractivity contribution in [3.05, 3.63) is 63.6 Å². The van der Waals surface area contributed by atoms with Crippen LogP contribution in [0, 0.1) is 23.5 Å². The molecule has 0 bridgehead atoms. The Bertz CT molecular complexity index is 641. The molecule has 0 fully saturated rings. The molecular formula is C20H26BrF2N. The van der Waals surface area contributed by atoms with Gasteiger partial charge in [0.05, 0.1) is 11.3 Å². The van der Waals surface area contributed by atoms with Crippen molar-refractivity contribution in [1.29, 1.82) is 0 Å². The largest absolute Gasteiger partial charge is 0.395 e. The van der Waals surface area contributed by atoms with E-state index in [1.54, 1.807) is 18.2 Å². The summed E-state index contributed by atoms with van der Waals surface area (Å²) >= 11 is 3.17. The normalized spacial score (nSPS) is 8.04. The Kier molecular flexibility index (Phi) is 15.0. The average Bonchev–Trinajstić information content (AvgIpc) is 2.63. The van der Waals surface area contributed by atoms with Gasteiger partial charge in [-0.1, -0.05) is 69.3 Å². The molecule has 4 heteroatoms. The molecule has 0 heterocycles. The molecular weight excluding hydrogens is 372 g/mol. The third-order valence-electron chi connectivity index (χ3n) is 2.28. The van der Waals surface area contributed by atoms with Gasteiger partial charge in [-0.05, 0) is 36.4 Å². The van der Waals surface area contributed by atoms with Crippen molar-refractivity contribution in [2.24, 2.45) is 0 Å². The van der Waals surface area contributed by atoms with Gasteiger partial charge < -0.3 is 5.73 Å². The maximum Gasteiger partial charge on any atom is 0.148 e. The second-order valence-corrected chi connectivity index (χ2v) is 4.52. The van der Waals surface area contributed by atoms with Gasteiger partial charge >= 0.3 is 0 Å². The average molecular weight is 398 g/mol. The van der Waals surface area contributed by atoms with Crippen LogP contribution in [0.2, 0.25) is 0 Å². The number of nitrogen functional groups attached to an aromatic ring is 1. The molecule has 0 saturated heterocycles. The van der Waals surface area contributed by atoms with Crippen LogP contribution in [0.1, 0.15) is 52.7 Å². The van der Waals surface area contributed by atoms with E-state index in [1.807, 2.05) is 41.5 Å². The summed E-state index contributed by atoms with van der Waals surface area (Å²) in [4.78, 5) is 0. The van der Waals surface area contributed by atoms with E-state index in [4.69, 9.17) is 5.73 Å². The topological polar surface area (TPSA) is 26.0 Å². The minimum atomic E-state index is -0.521. The lowest BCUT2D eigenvalue weighted by atomic mass is 10.1. The Balaban J connectivity index is 0. The smallest absolute Gasteiger partial charge is 0.148 e. The van der Waals surface area contributed by atoms with Gasteiger partial charge in [0.25, 0.3) is 0 Å². The first-order valence-electron chi connectivity index (χ1n) is 8.08. The molecule has 0 saturated carbocycles. The summed E-state index contributed by atoms with van der Waals surface area (Å²) in [6, 6.07) is 8.64. The molecule has 0 atom stereocenters. The highest BCUT2D eigenvalue weighted by atomic mass is 79.9. The van der Waals surface area contributed by atoms with Gasteiger partial charge in [-0.2, -0.15) is 0 Å². The molecule has 2 rings (SSSR count). The van der Waals surface area contributed by atoms with E-state index < -0.39 is 5.82 Å². The number of rotatable bonds is 0. The van der Waals surface area contributed by atoms with Gasteiger partial charge in [-0.25, -0.2) is 8.78 Å². The van der Waals surface area contributed by atoms with Crippen LogP contribution in [0.4, 0.5) is 14.5 Å². The van der Waals surface area contributed by atoms with Crippen LogP contribution in [0.25, 0.3) is 0 Å². The number of hydrogen-bond donors (Lipinski definition) is 1. The molecule has 0 radical (unpaired) electrons. The Hall–Kier alpha value is -1.86. The van der Waals surface area contributed by atoms with Crippen LogP contribution < -0.4 is 5.73 Å². The van der Waals surface area contributed by atoms with Gasteiger partial charge in [0, 0.05) is 10.0 Å². The van der Waals surface area contributed by atoms with Crippen LogP contribution in [0.3, 0.4) is 0 Å². The number of benzene rings is 2. The van der Waals surface area contributed by atoms with Crippen LogP contribution >= 0.6 is 15.9 Å². The van der Waals surface area contributed by atoms with Gasteiger partial charge in [0.2, 0.25) is 0 Å². The molecule has 0 spiro atoms. The van der Waals surface area contributed by atoms with E-state index in [-0.39, 0.29) is 11.5 Å². The molecule has 2 N–H and O–H groups in total. The second kappa shape index (κ2) is 14.7. The van der Waals surface area contributed by atoms with Gasteiger partial charge in [-0.3, -0.25) is 0 Å². The Morgan fingerprint density at radius 1 is 0.833 bits per heavy atom. The van der Waals surface area contributed by atoms with E-state index in [9.17, 15) is 8.78 Å². The van der Waals surface area contributed by atoms with Crippen LogP contribution in [-0.2, 0) is 0 Å². The van der Waals surface area contributed by atoms with Crippen molar-refractivity contribution in [3.8, 4) is 11.8 Å². The molecule has 0 unspecified atom stereocenters. The molecule has 0 aromatic heterocycles. The molecule has 2 aromatic carbocycles. The minimum absolute atomic E-state index is 0.00723. The lowest BCUT2D eigenvalue weighted by Crippen LogP contribution is -1.95. The fraction of sp³-hybridized carbons (Fsp3) is 0.300. The summed E-state index contributed by atoms with van der Waals surface area (Å²) in [5.41, 5.74) is 6.62. The third-order valence-corrected chi connectivity index (χ3v) is 2.74. The van der Waals surface area contributed by atoms with Crippen LogP contribution in [0.15, 0.2) is 40.9 Å². The Morgan fingerprint density at radius 3 is 1.83 bits per heavy atom. The van der Waals surface area contributed by atoms with Crippen molar-refractivity contribution in [1.82, 2.24) is 0 Å². The summed E-state index contributed by atoms with van der Waals surface area (Å²) in [5, 5.41) is 0. The first-order chi connectivity index (χ1) is 11.6. The van der Waals surface area contributed by atoms with E-state index >= 15 is 0 Å². The Morgan fingerprint density at radius 2 is 1.33 bits per heavy atom. The molecule has 0 aliphatic heterocycles. The van der Waals surface area contributed by atoms with Crippen molar-refractivity contribution >= 4 is 21.6 Å². The molecule has 132 valence electrons. The summed E-state index contributed by atoms with van der Waals surface area (Å²) in [6.45, 7) is 12.0. The highest BCUT2D eigenvalue weighted by Crippen LogP contribution is 2.21. The number of nitrogens with two attached hydrogens (primary N) is 1. The van der Waals surface area contributed by atoms with Crippen LogP contribution in [-0.4, -0.2) is 0 Å². The van der Waals surface area contributed by atoms with Gasteiger partial charge in [-0.15, -0.1) is 0 Å². The minimum Gasteiger partial charge on any atom is -0.395 e. The molecule has 0 aliphatic carbocycles. The first-order valence-corrected chi connectivity index (χ1v) is 8.87. The lowest BCUT2D eigenvalue weighted by Gasteiger charge is -2.00. The SMILES string of the molecule is CC.CC.CC.Nc1c(F)cc(Br)cc1C#Cc1ccc(F)cc1. The van der Waals surface area contributed by atoms with Crippen LogP contribution in [0.5, 0.6) is 0 Å². The predicted octanol–water partition coefficient (Wildman–Crippen LogP) is 6.79. The maximum absolute atomic E-state index is 13.3. The van der Waals surface area contributed by atoms with Gasteiger partial charge in [0.1, 0.15) is 11.6 Å². The lowest BCUT2D eigenvalue weighted by molar-refractivity contribution is 0.627. The standard InChI is InChI=1S/C14H8BrF2N.3C2H6/c15-11-7-10(14(18)13(17)8-11)4-1-9-2-5-12(16)6-3-9;3*1-2/h2-3,5-8H,18H2;3*1-2H3. The van der Waals surface area contributed by atoms with E-state index in [2.05, 4.69) is 27.8 Å². The quantitative estimate of drug-likeness (QED) is 0.384. The zero-order valence-electron chi connectivity index (χ0n) is 15.2. The van der Waals surface area contributed by atoms with Gasteiger partial charge in [0.15, 0.2) is 0 Å². The van der Waals surface area contributed by atoms with Crippen molar-refractivity contribution in [2.45, 2.75) is 41.5 Å². The summed E-state index contributed by atoms with van der Waals surface area (Å²) in [7, 11) is 0. The van der Waals surface area contributed by atoms with Crippen molar-refractivity contribution in [2.75, 3.05) is 5.73 Å². The zero-order valence-corrected chi connectivity index (χ0v) is 16.8. The number of halogens is 3. The Labute approximate surface area is 153 Å². The highest BCUT2D eigenvalue weighted by Gasteiger charge is 2.04. The fourth-order valence-electron chi connectivity index (χ4n) is 1.36. The summed E-state index contributed by atoms with van der Waals surface area (Å²) in [6.07, 6.45) is 0. The molecule has 24 heavy (non-hydrogen) atoms. The molecule has 1 nitrogen and oxygen atoms in total. The van der Waals surface area contributed by atoms with Crippen molar-refractivity contribution in [3.63, 3.8) is 0 Å². The molecule has 0 amide bonds. The van der Waals surface area contributed by atoms with E-state index in [0.29, 0.717) is 15.6 Å². The van der Waals surface area contributed by atoms with Crippen molar-refractivity contribution < 1.29 is 8.78 Å². The predicted molar refractivity (Wildman–Crippen MR) is 105 cm³/mol. The van der Waals surface area contributed by atoms with E-state index in [1.165, 1.54) is 18.2 Å². The molecule has 0 aliphatic rings. The third kappa shape index (κ3) is 8.69. The first kappa shape index (κ1) is 24.4. The second-order valence-electron chi connectivity index (χ2n) is 3.61. The van der Waals surface area contributed by atoms with E-state index in [0.717, 1.165) is 0 Å². The molecule has 2 aromatic rings. The monoisotopic (exact) mass is 397 g/mol. The summed E-state index contributed by atoms with van der Waals surface area (Å²) < 4.78 is 26.6. The summed E-state index contributed by atoms with van der Waals surface area (Å²) in [5.74, 6) is 4.72.